The summed E-state index contributed by atoms with van der Waals surface area (Å²) in [6.07, 6.45) is 2.86. The molecule has 1 N–H and O–H groups in total. The van der Waals surface area contributed by atoms with Crippen LogP contribution in [0.2, 0.25) is 5.02 Å². The molecule has 0 aliphatic heterocycles. The highest BCUT2D eigenvalue weighted by molar-refractivity contribution is 6.30. The van der Waals surface area contributed by atoms with Gasteiger partial charge in [-0.3, -0.25) is 9.48 Å². The molecule has 0 radical (unpaired) electrons. The third-order valence-corrected chi connectivity index (χ3v) is 3.63. The van der Waals surface area contributed by atoms with Gasteiger partial charge in [-0.25, -0.2) is 4.79 Å². The molecule has 0 spiro atoms. The fourth-order valence-corrected chi connectivity index (χ4v) is 2.33. The molecule has 0 aliphatic rings. The molecule has 1 heterocycles. The molecule has 134 valence electrons. The lowest BCUT2D eigenvalue weighted by Gasteiger charge is -2.01. The number of aryl methyl sites for hydroxylation is 1. The summed E-state index contributed by atoms with van der Waals surface area (Å²) in [5, 5.41) is 23.0. The highest BCUT2D eigenvalue weighted by Gasteiger charge is 2.15. The minimum Gasteiger partial charge on any atom is -0.481 e. The van der Waals surface area contributed by atoms with Gasteiger partial charge in [0.05, 0.1) is 25.3 Å². The Morgan fingerprint density at radius 3 is 2.65 bits per heavy atom. The zero-order chi connectivity index (χ0) is 19.1. The lowest BCUT2D eigenvalue weighted by Crippen LogP contribution is -2.06. The predicted octanol–water partition coefficient (Wildman–Crippen LogP) is 3.15. The van der Waals surface area contributed by atoms with Gasteiger partial charge < -0.3 is 9.84 Å². The van der Waals surface area contributed by atoms with Crippen LogP contribution in [0.25, 0.3) is 17.3 Å². The average molecular weight is 374 g/mol. The Morgan fingerprint density at radius 1 is 1.38 bits per heavy atom. The van der Waals surface area contributed by atoms with Crippen molar-refractivity contribution < 1.29 is 19.4 Å². The average Bonchev–Trinajstić information content (AvgIpc) is 3.01. The monoisotopic (exact) mass is 373 g/mol. The molecule has 7 nitrogen and oxygen atoms in total. The number of hydrogen-bond acceptors (Lipinski definition) is 5. The molecule has 0 saturated heterocycles. The lowest BCUT2D eigenvalue weighted by atomic mass is 10.1. The van der Waals surface area contributed by atoms with Gasteiger partial charge in [0.15, 0.2) is 0 Å². The minimum atomic E-state index is -0.949. The van der Waals surface area contributed by atoms with Crippen molar-refractivity contribution in [2.24, 2.45) is 0 Å². The molecule has 8 heteroatoms. The van der Waals surface area contributed by atoms with E-state index in [-0.39, 0.29) is 25.1 Å². The van der Waals surface area contributed by atoms with E-state index in [9.17, 15) is 14.9 Å². The van der Waals surface area contributed by atoms with Crippen LogP contribution in [0.15, 0.2) is 36.0 Å². The van der Waals surface area contributed by atoms with Gasteiger partial charge >= 0.3 is 11.9 Å². The van der Waals surface area contributed by atoms with E-state index >= 15 is 0 Å². The first-order valence-electron chi connectivity index (χ1n) is 7.78. The van der Waals surface area contributed by atoms with E-state index in [1.165, 1.54) is 10.8 Å². The van der Waals surface area contributed by atoms with Gasteiger partial charge in [0.25, 0.3) is 0 Å². The Labute approximate surface area is 155 Å². The molecule has 0 bridgehead atoms. The lowest BCUT2D eigenvalue weighted by molar-refractivity contribution is -0.138. The number of carbonyl (C=O) groups is 2. The summed E-state index contributed by atoms with van der Waals surface area (Å²) in [6.45, 7) is 1.96. The van der Waals surface area contributed by atoms with Gasteiger partial charge in [0.1, 0.15) is 11.6 Å². The Morgan fingerprint density at radius 2 is 2.08 bits per heavy atom. The smallest absolute Gasteiger partial charge is 0.348 e. The van der Waals surface area contributed by atoms with Gasteiger partial charge in [0, 0.05) is 22.3 Å². The SMILES string of the molecule is CCOC(=O)C(C#N)=Cc1cn(CCC(=O)O)nc1-c1ccc(Cl)cc1. The second-order valence-electron chi connectivity index (χ2n) is 5.24. The van der Waals surface area contributed by atoms with E-state index in [1.54, 1.807) is 37.4 Å². The number of esters is 1. The van der Waals surface area contributed by atoms with E-state index in [4.69, 9.17) is 21.4 Å². The fraction of sp³-hybridized carbons (Fsp3) is 0.222. The van der Waals surface area contributed by atoms with Gasteiger partial charge in [0.2, 0.25) is 0 Å². The summed E-state index contributed by atoms with van der Waals surface area (Å²) in [6, 6.07) is 8.70. The molecule has 26 heavy (non-hydrogen) atoms. The first-order chi connectivity index (χ1) is 12.4. The van der Waals surface area contributed by atoms with Crippen molar-refractivity contribution in [2.45, 2.75) is 19.9 Å². The molecule has 0 saturated carbocycles. The van der Waals surface area contributed by atoms with Gasteiger partial charge in [-0.05, 0) is 25.1 Å². The van der Waals surface area contributed by atoms with Crippen molar-refractivity contribution in [1.29, 1.82) is 5.26 Å². The normalized spacial score (nSPS) is 11.0. The van der Waals surface area contributed by atoms with Crippen LogP contribution in [0.1, 0.15) is 18.9 Å². The van der Waals surface area contributed by atoms with E-state index in [0.29, 0.717) is 16.3 Å². The van der Waals surface area contributed by atoms with Crippen LogP contribution in [0.4, 0.5) is 0 Å². The maximum atomic E-state index is 11.9. The standard InChI is InChI=1S/C18H16ClN3O4/c1-2-26-18(25)13(10-20)9-14-11-22(8-7-16(23)24)21-17(14)12-3-5-15(19)6-4-12/h3-6,9,11H,2,7-8H2,1H3,(H,23,24). The molecule has 1 aromatic heterocycles. The third-order valence-electron chi connectivity index (χ3n) is 3.38. The molecule has 1 aromatic carbocycles. The molecule has 2 aromatic rings. The highest BCUT2D eigenvalue weighted by Crippen LogP contribution is 2.26. The third kappa shape index (κ3) is 4.94. The number of aliphatic carboxylic acids is 1. The topological polar surface area (TPSA) is 105 Å². The molecule has 0 unspecified atom stereocenters. The number of ether oxygens (including phenoxy) is 1. The molecule has 2 rings (SSSR count). The Kier molecular flexibility index (Phi) is 6.53. The van der Waals surface area contributed by atoms with Crippen molar-refractivity contribution in [3.8, 4) is 17.3 Å². The molecular formula is C18H16ClN3O4. The zero-order valence-corrected chi connectivity index (χ0v) is 14.7. The number of carboxylic acids is 1. The van der Waals surface area contributed by atoms with Crippen LogP contribution in [0.3, 0.4) is 0 Å². The van der Waals surface area contributed by atoms with E-state index in [0.717, 1.165) is 5.56 Å². The van der Waals surface area contributed by atoms with Crippen molar-refractivity contribution >= 4 is 29.6 Å². The molecule has 0 fully saturated rings. The number of aromatic nitrogens is 2. The van der Waals surface area contributed by atoms with Crippen molar-refractivity contribution in [2.75, 3.05) is 6.61 Å². The summed E-state index contributed by atoms with van der Waals surface area (Å²) in [7, 11) is 0. The molecule has 0 atom stereocenters. The number of carboxylic acid groups (broad SMARTS) is 1. The number of benzene rings is 1. The van der Waals surface area contributed by atoms with Crippen molar-refractivity contribution in [3.63, 3.8) is 0 Å². The largest absolute Gasteiger partial charge is 0.481 e. The van der Waals surface area contributed by atoms with E-state index in [1.807, 2.05) is 6.07 Å². The Hall–Kier alpha value is -3.11. The molecule has 0 aliphatic carbocycles. The number of halogens is 1. The summed E-state index contributed by atoms with van der Waals surface area (Å²) >= 11 is 5.90. The maximum Gasteiger partial charge on any atom is 0.348 e. The fourth-order valence-electron chi connectivity index (χ4n) is 2.20. The van der Waals surface area contributed by atoms with Crippen LogP contribution in [0.5, 0.6) is 0 Å². The zero-order valence-electron chi connectivity index (χ0n) is 14.0. The summed E-state index contributed by atoms with van der Waals surface area (Å²) in [5.41, 5.74) is 1.56. The van der Waals surface area contributed by atoms with Gasteiger partial charge in [-0.2, -0.15) is 10.4 Å². The van der Waals surface area contributed by atoms with Crippen molar-refractivity contribution in [1.82, 2.24) is 9.78 Å². The van der Waals surface area contributed by atoms with Crippen LogP contribution >= 0.6 is 11.6 Å². The first-order valence-corrected chi connectivity index (χ1v) is 8.16. The molecular weight excluding hydrogens is 358 g/mol. The molecule has 0 amide bonds. The number of hydrogen-bond donors (Lipinski definition) is 1. The van der Waals surface area contributed by atoms with E-state index in [2.05, 4.69) is 5.10 Å². The minimum absolute atomic E-state index is 0.103. The summed E-state index contributed by atoms with van der Waals surface area (Å²) in [5.74, 6) is -1.68. The number of carbonyl (C=O) groups excluding carboxylic acids is 1. The quantitative estimate of drug-likeness (QED) is 0.454. The highest BCUT2D eigenvalue weighted by atomic mass is 35.5. The second kappa shape index (κ2) is 8.83. The van der Waals surface area contributed by atoms with Gasteiger partial charge in [-0.1, -0.05) is 23.7 Å². The summed E-state index contributed by atoms with van der Waals surface area (Å²) in [4.78, 5) is 22.6. The number of rotatable bonds is 7. The number of nitrogens with zero attached hydrogens (tertiary/aromatic N) is 3. The Bertz CT molecular complexity index is 879. The second-order valence-corrected chi connectivity index (χ2v) is 5.67. The Balaban J connectivity index is 2.47. The first kappa shape index (κ1) is 19.2. The van der Waals surface area contributed by atoms with Crippen molar-refractivity contribution in [3.05, 3.63) is 46.6 Å². The maximum absolute atomic E-state index is 11.9. The van der Waals surface area contributed by atoms with E-state index < -0.39 is 11.9 Å². The summed E-state index contributed by atoms with van der Waals surface area (Å²) < 4.78 is 6.32. The number of nitriles is 1. The van der Waals surface area contributed by atoms with Crippen LogP contribution in [-0.4, -0.2) is 33.4 Å². The van der Waals surface area contributed by atoms with Crippen LogP contribution in [0, 0.1) is 11.3 Å². The predicted molar refractivity (Wildman–Crippen MR) is 95.1 cm³/mol. The van der Waals surface area contributed by atoms with Gasteiger partial charge in [-0.15, -0.1) is 0 Å². The van der Waals surface area contributed by atoms with Crippen LogP contribution < -0.4 is 0 Å². The van der Waals surface area contributed by atoms with Crippen LogP contribution in [-0.2, 0) is 20.9 Å².